The molecule has 2 amide bonds. The highest BCUT2D eigenvalue weighted by Gasteiger charge is 2.10. The predicted octanol–water partition coefficient (Wildman–Crippen LogP) is 4.26. The topological polar surface area (TPSA) is 105 Å². The Labute approximate surface area is 186 Å². The Hall–Kier alpha value is -3.40. The molecule has 3 N–H and O–H groups in total. The van der Waals surface area contributed by atoms with Gasteiger partial charge in [0.05, 0.1) is 5.56 Å². The normalized spacial score (nSPS) is 10.2. The summed E-state index contributed by atoms with van der Waals surface area (Å²) in [4.78, 5) is 35.5. The van der Waals surface area contributed by atoms with Gasteiger partial charge in [0.15, 0.2) is 6.61 Å². The van der Waals surface area contributed by atoms with E-state index in [1.807, 2.05) is 12.1 Å². The van der Waals surface area contributed by atoms with Crippen molar-refractivity contribution in [3.8, 4) is 5.75 Å². The van der Waals surface area contributed by atoms with Gasteiger partial charge in [0.1, 0.15) is 5.75 Å². The van der Waals surface area contributed by atoms with Crippen molar-refractivity contribution in [2.24, 2.45) is 0 Å². The van der Waals surface area contributed by atoms with Crippen molar-refractivity contribution >= 4 is 51.7 Å². The summed E-state index contributed by atoms with van der Waals surface area (Å²) in [6, 6.07) is 19.6. The summed E-state index contributed by atoms with van der Waals surface area (Å²) in [5.41, 5.74) is 1.39. The molecule has 0 saturated carbocycles. The first-order chi connectivity index (χ1) is 14.4. The maximum atomic E-state index is 12.4. The van der Waals surface area contributed by atoms with Crippen molar-refractivity contribution < 1.29 is 24.2 Å². The van der Waals surface area contributed by atoms with Crippen LogP contribution in [0.3, 0.4) is 0 Å². The van der Waals surface area contributed by atoms with Gasteiger partial charge in [-0.2, -0.15) is 0 Å². The molecule has 0 radical (unpaired) electrons. The quantitative estimate of drug-likeness (QED) is 0.408. The number of halogens is 1. The molecule has 30 heavy (non-hydrogen) atoms. The fourth-order valence-electron chi connectivity index (χ4n) is 2.51. The summed E-state index contributed by atoms with van der Waals surface area (Å²) in [5, 5.41) is 14.3. The monoisotopic (exact) mass is 516 g/mol. The molecule has 0 aliphatic carbocycles. The molecule has 7 nitrogen and oxygen atoms in total. The molecule has 3 aromatic carbocycles. The standard InChI is InChI=1S/C22H17IN2O5/c23-16-6-10-19(11-7-16)30-13-20(26)24-18-3-1-2-15(12-18)21(27)25-17-8-4-14(5-9-17)22(28)29/h1-12H,13H2,(H,24,26)(H,25,27)(H,28,29). The number of hydrogen-bond acceptors (Lipinski definition) is 4. The van der Waals surface area contributed by atoms with Crippen LogP contribution in [0.5, 0.6) is 5.75 Å². The molecule has 0 saturated heterocycles. The average molecular weight is 516 g/mol. The lowest BCUT2D eigenvalue weighted by Gasteiger charge is -2.10. The summed E-state index contributed by atoms with van der Waals surface area (Å²) in [5.74, 6) is -1.19. The molecule has 3 aromatic rings. The van der Waals surface area contributed by atoms with Gasteiger partial charge in [0.25, 0.3) is 11.8 Å². The molecule has 3 rings (SSSR count). The van der Waals surface area contributed by atoms with Crippen molar-refractivity contribution in [1.29, 1.82) is 0 Å². The molecule has 0 fully saturated rings. The highest BCUT2D eigenvalue weighted by atomic mass is 127. The van der Waals surface area contributed by atoms with Crippen LogP contribution in [0.15, 0.2) is 72.8 Å². The third kappa shape index (κ3) is 6.05. The lowest BCUT2D eigenvalue weighted by atomic mass is 10.1. The maximum absolute atomic E-state index is 12.4. The smallest absolute Gasteiger partial charge is 0.335 e. The zero-order chi connectivity index (χ0) is 21.5. The second kappa shape index (κ2) is 9.88. The molecule has 8 heteroatoms. The number of rotatable bonds is 7. The number of carboxylic acid groups (broad SMARTS) is 1. The number of carbonyl (C=O) groups excluding carboxylic acids is 2. The van der Waals surface area contributed by atoms with Crippen LogP contribution in [0.1, 0.15) is 20.7 Å². The molecule has 152 valence electrons. The second-order valence-electron chi connectivity index (χ2n) is 6.21. The van der Waals surface area contributed by atoms with E-state index in [1.54, 1.807) is 36.4 Å². The molecular formula is C22H17IN2O5. The third-order valence-corrected chi connectivity index (χ3v) is 4.70. The molecule has 0 spiro atoms. The van der Waals surface area contributed by atoms with Crippen molar-refractivity contribution in [2.75, 3.05) is 17.2 Å². The van der Waals surface area contributed by atoms with E-state index in [2.05, 4.69) is 33.2 Å². The van der Waals surface area contributed by atoms with Crippen LogP contribution < -0.4 is 15.4 Å². The van der Waals surface area contributed by atoms with Gasteiger partial charge < -0.3 is 20.5 Å². The van der Waals surface area contributed by atoms with Crippen molar-refractivity contribution in [1.82, 2.24) is 0 Å². The summed E-state index contributed by atoms with van der Waals surface area (Å²) < 4.78 is 6.51. The van der Waals surface area contributed by atoms with Gasteiger partial charge in [-0.3, -0.25) is 9.59 Å². The van der Waals surface area contributed by atoms with E-state index in [0.717, 1.165) is 3.57 Å². The van der Waals surface area contributed by atoms with Crippen LogP contribution in [0.4, 0.5) is 11.4 Å². The Morgan fingerprint density at radius 3 is 2.20 bits per heavy atom. The summed E-state index contributed by atoms with van der Waals surface area (Å²) in [6.45, 7) is -0.160. The predicted molar refractivity (Wildman–Crippen MR) is 121 cm³/mol. The van der Waals surface area contributed by atoms with E-state index in [9.17, 15) is 14.4 Å². The maximum Gasteiger partial charge on any atom is 0.335 e. The van der Waals surface area contributed by atoms with Crippen LogP contribution in [0.25, 0.3) is 0 Å². The number of amides is 2. The van der Waals surface area contributed by atoms with E-state index in [-0.39, 0.29) is 24.0 Å². The minimum absolute atomic E-state index is 0.130. The van der Waals surface area contributed by atoms with Gasteiger partial charge in [-0.25, -0.2) is 4.79 Å². The average Bonchev–Trinajstić information content (AvgIpc) is 2.74. The molecular weight excluding hydrogens is 499 g/mol. The Morgan fingerprint density at radius 2 is 1.53 bits per heavy atom. The van der Waals surface area contributed by atoms with Gasteiger partial charge in [-0.15, -0.1) is 0 Å². The SMILES string of the molecule is O=C(COc1ccc(I)cc1)Nc1cccc(C(=O)Nc2ccc(C(=O)O)cc2)c1. The number of ether oxygens (including phenoxy) is 1. The van der Waals surface area contributed by atoms with E-state index in [1.165, 1.54) is 24.3 Å². The number of nitrogens with one attached hydrogen (secondary N) is 2. The lowest BCUT2D eigenvalue weighted by Crippen LogP contribution is -2.20. The Morgan fingerprint density at radius 1 is 0.833 bits per heavy atom. The summed E-state index contributed by atoms with van der Waals surface area (Å²) in [6.07, 6.45) is 0. The Kier molecular flexibility index (Phi) is 7.02. The minimum atomic E-state index is -1.04. The highest BCUT2D eigenvalue weighted by Crippen LogP contribution is 2.16. The van der Waals surface area contributed by atoms with E-state index in [0.29, 0.717) is 22.7 Å². The van der Waals surface area contributed by atoms with Crippen LogP contribution >= 0.6 is 22.6 Å². The number of anilines is 2. The fourth-order valence-corrected chi connectivity index (χ4v) is 2.87. The first-order valence-corrected chi connectivity index (χ1v) is 9.91. The largest absolute Gasteiger partial charge is 0.484 e. The number of hydrogen-bond donors (Lipinski definition) is 3. The Balaban J connectivity index is 1.57. The number of carboxylic acids is 1. The third-order valence-electron chi connectivity index (χ3n) is 3.98. The minimum Gasteiger partial charge on any atom is -0.484 e. The number of aromatic carboxylic acids is 1. The van der Waals surface area contributed by atoms with Crippen molar-refractivity contribution in [3.05, 3.63) is 87.5 Å². The zero-order valence-electron chi connectivity index (χ0n) is 15.6. The molecule has 0 bridgehead atoms. The van der Waals surface area contributed by atoms with E-state index >= 15 is 0 Å². The van der Waals surface area contributed by atoms with Crippen LogP contribution in [0.2, 0.25) is 0 Å². The molecule has 0 unspecified atom stereocenters. The second-order valence-corrected chi connectivity index (χ2v) is 7.45. The van der Waals surface area contributed by atoms with Crippen LogP contribution in [0, 0.1) is 3.57 Å². The molecule has 0 heterocycles. The van der Waals surface area contributed by atoms with Gasteiger partial charge >= 0.3 is 5.97 Å². The number of benzene rings is 3. The molecule has 0 aromatic heterocycles. The fraction of sp³-hybridized carbons (Fsp3) is 0.0455. The molecule has 0 aliphatic heterocycles. The molecule has 0 atom stereocenters. The first-order valence-electron chi connectivity index (χ1n) is 8.84. The lowest BCUT2D eigenvalue weighted by molar-refractivity contribution is -0.118. The van der Waals surface area contributed by atoms with Gasteiger partial charge in [0.2, 0.25) is 0 Å². The number of carbonyl (C=O) groups is 3. The van der Waals surface area contributed by atoms with Crippen LogP contribution in [-0.2, 0) is 4.79 Å². The summed E-state index contributed by atoms with van der Waals surface area (Å²) >= 11 is 2.18. The van der Waals surface area contributed by atoms with Gasteiger partial charge in [0, 0.05) is 20.5 Å². The summed E-state index contributed by atoms with van der Waals surface area (Å²) in [7, 11) is 0. The van der Waals surface area contributed by atoms with Crippen molar-refractivity contribution in [3.63, 3.8) is 0 Å². The first kappa shape index (κ1) is 21.3. The van der Waals surface area contributed by atoms with Crippen LogP contribution in [-0.4, -0.2) is 29.5 Å². The molecule has 0 aliphatic rings. The van der Waals surface area contributed by atoms with Crippen molar-refractivity contribution in [2.45, 2.75) is 0 Å². The highest BCUT2D eigenvalue weighted by molar-refractivity contribution is 14.1. The van der Waals surface area contributed by atoms with Gasteiger partial charge in [-0.05, 0) is 89.3 Å². The van der Waals surface area contributed by atoms with Gasteiger partial charge in [-0.1, -0.05) is 6.07 Å². The zero-order valence-corrected chi connectivity index (χ0v) is 17.8. The Bertz CT molecular complexity index is 1070. The van der Waals surface area contributed by atoms with E-state index in [4.69, 9.17) is 9.84 Å². The van der Waals surface area contributed by atoms with E-state index < -0.39 is 5.97 Å².